The third-order valence-corrected chi connectivity index (χ3v) is 3.44. The fraction of sp³-hybridized carbons (Fsp3) is 0.529. The number of hydrogen-bond acceptors (Lipinski definition) is 4. The summed E-state index contributed by atoms with van der Waals surface area (Å²) in [4.78, 5) is 22.9. The number of benzene rings is 1. The van der Waals surface area contributed by atoms with Gasteiger partial charge in [-0.1, -0.05) is 25.4 Å². The summed E-state index contributed by atoms with van der Waals surface area (Å²) in [6.45, 7) is 6.75. The Bertz CT molecular complexity index is 576. The van der Waals surface area contributed by atoms with E-state index in [0.717, 1.165) is 6.42 Å². The Labute approximate surface area is 147 Å². The fourth-order valence-corrected chi connectivity index (χ4v) is 2.31. The molecule has 0 aliphatic rings. The third-order valence-electron chi connectivity index (χ3n) is 3.16. The van der Waals surface area contributed by atoms with Crippen LogP contribution in [0, 0.1) is 5.92 Å². The van der Waals surface area contributed by atoms with Crippen molar-refractivity contribution in [1.82, 2.24) is 5.32 Å². The van der Waals surface area contributed by atoms with E-state index in [0.29, 0.717) is 35.3 Å². The van der Waals surface area contributed by atoms with Gasteiger partial charge in [-0.3, -0.25) is 9.59 Å². The number of rotatable bonds is 10. The van der Waals surface area contributed by atoms with E-state index >= 15 is 0 Å². The smallest absolute Gasteiger partial charge is 0.303 e. The average molecular weight is 358 g/mol. The van der Waals surface area contributed by atoms with Gasteiger partial charge in [0.25, 0.3) is 5.91 Å². The zero-order valence-electron chi connectivity index (χ0n) is 14.2. The molecule has 134 valence electrons. The minimum absolute atomic E-state index is 0.00493. The zero-order valence-corrected chi connectivity index (χ0v) is 15.0. The molecule has 1 aromatic carbocycles. The van der Waals surface area contributed by atoms with Crippen molar-refractivity contribution in [2.75, 3.05) is 19.8 Å². The van der Waals surface area contributed by atoms with Crippen LogP contribution >= 0.6 is 11.6 Å². The highest BCUT2D eigenvalue weighted by molar-refractivity contribution is 6.32. The van der Waals surface area contributed by atoms with E-state index < -0.39 is 5.97 Å². The van der Waals surface area contributed by atoms with Crippen molar-refractivity contribution >= 4 is 23.5 Å². The number of carbonyl (C=O) groups excluding carboxylic acids is 1. The molecule has 0 aliphatic heterocycles. The number of halogens is 1. The number of carboxylic acids is 1. The number of carboxylic acid groups (broad SMARTS) is 1. The summed E-state index contributed by atoms with van der Waals surface area (Å²) in [5.74, 6) is -0.549. The number of carbonyl (C=O) groups is 2. The Morgan fingerprint density at radius 3 is 2.58 bits per heavy atom. The number of aliphatic carboxylic acids is 1. The van der Waals surface area contributed by atoms with Gasteiger partial charge in [-0.05, 0) is 31.4 Å². The van der Waals surface area contributed by atoms with E-state index in [1.807, 2.05) is 13.8 Å². The van der Waals surface area contributed by atoms with E-state index in [-0.39, 0.29) is 24.8 Å². The Balaban J connectivity index is 2.86. The lowest BCUT2D eigenvalue weighted by molar-refractivity contribution is -0.137. The van der Waals surface area contributed by atoms with Crippen LogP contribution in [0.1, 0.15) is 44.0 Å². The molecule has 0 radical (unpaired) electrons. The van der Waals surface area contributed by atoms with E-state index in [4.69, 9.17) is 26.2 Å². The Hall–Kier alpha value is -1.95. The maximum atomic E-state index is 12.3. The van der Waals surface area contributed by atoms with Crippen molar-refractivity contribution in [1.29, 1.82) is 0 Å². The quantitative estimate of drug-likeness (QED) is 0.670. The molecule has 0 bridgehead atoms. The molecule has 6 nitrogen and oxygen atoms in total. The predicted molar refractivity (Wildman–Crippen MR) is 92.2 cm³/mol. The monoisotopic (exact) mass is 357 g/mol. The Morgan fingerprint density at radius 2 is 2.00 bits per heavy atom. The van der Waals surface area contributed by atoms with Gasteiger partial charge in [0.1, 0.15) is 0 Å². The molecule has 2 N–H and O–H groups in total. The second-order valence-electron chi connectivity index (χ2n) is 5.48. The molecule has 0 saturated heterocycles. The minimum Gasteiger partial charge on any atom is -0.490 e. The first-order valence-electron chi connectivity index (χ1n) is 7.98. The molecule has 0 spiro atoms. The van der Waals surface area contributed by atoms with Crippen molar-refractivity contribution in [2.45, 2.75) is 33.6 Å². The summed E-state index contributed by atoms with van der Waals surface area (Å²) in [7, 11) is 0. The van der Waals surface area contributed by atoms with Gasteiger partial charge in [0.15, 0.2) is 11.5 Å². The Morgan fingerprint density at radius 1 is 1.29 bits per heavy atom. The summed E-state index contributed by atoms with van der Waals surface area (Å²) in [6, 6.07) is 3.10. The third kappa shape index (κ3) is 6.28. The molecule has 0 aliphatic carbocycles. The fourth-order valence-electron chi connectivity index (χ4n) is 2.05. The largest absolute Gasteiger partial charge is 0.490 e. The van der Waals surface area contributed by atoms with Crippen molar-refractivity contribution in [2.24, 2.45) is 5.92 Å². The van der Waals surface area contributed by atoms with Gasteiger partial charge in [0.2, 0.25) is 0 Å². The van der Waals surface area contributed by atoms with Crippen molar-refractivity contribution in [3.05, 3.63) is 22.7 Å². The first-order chi connectivity index (χ1) is 11.4. The molecule has 1 aromatic rings. The van der Waals surface area contributed by atoms with Crippen LogP contribution in [0.2, 0.25) is 5.02 Å². The van der Waals surface area contributed by atoms with Crippen LogP contribution in [0.5, 0.6) is 11.5 Å². The highest BCUT2D eigenvalue weighted by Gasteiger charge is 2.17. The Kier molecular flexibility index (Phi) is 8.40. The number of amides is 1. The second-order valence-corrected chi connectivity index (χ2v) is 5.89. The lowest BCUT2D eigenvalue weighted by Crippen LogP contribution is -2.29. The summed E-state index contributed by atoms with van der Waals surface area (Å²) in [5, 5.41) is 11.7. The van der Waals surface area contributed by atoms with Crippen LogP contribution in [-0.4, -0.2) is 36.7 Å². The zero-order chi connectivity index (χ0) is 18.1. The standard InChI is InChI=1S/C17H24ClNO5/c1-4-6-24-16-13(18)8-12(9-14(16)23-5-2)17(22)19-10-11(3)7-15(20)21/h8-9,11H,4-7,10H2,1-3H3,(H,19,22)(H,20,21). The molecule has 7 heteroatoms. The van der Waals surface area contributed by atoms with Gasteiger partial charge >= 0.3 is 5.97 Å². The van der Waals surface area contributed by atoms with Crippen LogP contribution in [0.15, 0.2) is 12.1 Å². The summed E-state index contributed by atoms with van der Waals surface area (Å²) >= 11 is 6.22. The molecule has 0 aromatic heterocycles. The molecular weight excluding hydrogens is 334 g/mol. The number of ether oxygens (including phenoxy) is 2. The number of nitrogens with one attached hydrogen (secondary N) is 1. The molecule has 0 heterocycles. The topological polar surface area (TPSA) is 84.9 Å². The highest BCUT2D eigenvalue weighted by Crippen LogP contribution is 2.36. The molecule has 0 fully saturated rings. The van der Waals surface area contributed by atoms with Crippen LogP contribution in [0.4, 0.5) is 0 Å². The maximum Gasteiger partial charge on any atom is 0.303 e. The molecular formula is C17H24ClNO5. The van der Waals surface area contributed by atoms with Gasteiger partial charge in [-0.2, -0.15) is 0 Å². The van der Waals surface area contributed by atoms with Crippen molar-refractivity contribution in [3.8, 4) is 11.5 Å². The molecule has 1 amide bonds. The van der Waals surface area contributed by atoms with E-state index in [1.165, 1.54) is 6.07 Å². The van der Waals surface area contributed by atoms with Gasteiger partial charge in [0, 0.05) is 18.5 Å². The van der Waals surface area contributed by atoms with Gasteiger partial charge < -0.3 is 19.9 Å². The van der Waals surface area contributed by atoms with Gasteiger partial charge in [-0.15, -0.1) is 0 Å². The van der Waals surface area contributed by atoms with Crippen LogP contribution in [0.3, 0.4) is 0 Å². The second kappa shape index (κ2) is 10.0. The first kappa shape index (κ1) is 20.1. The minimum atomic E-state index is -0.893. The SMILES string of the molecule is CCCOc1c(Cl)cc(C(=O)NCC(C)CC(=O)O)cc1OCC. The molecule has 0 saturated carbocycles. The number of hydrogen-bond donors (Lipinski definition) is 2. The van der Waals surface area contributed by atoms with E-state index in [9.17, 15) is 9.59 Å². The van der Waals surface area contributed by atoms with Crippen molar-refractivity contribution in [3.63, 3.8) is 0 Å². The molecule has 1 atom stereocenters. The van der Waals surface area contributed by atoms with E-state index in [1.54, 1.807) is 13.0 Å². The lowest BCUT2D eigenvalue weighted by Gasteiger charge is -2.15. The van der Waals surface area contributed by atoms with E-state index in [2.05, 4.69) is 5.32 Å². The van der Waals surface area contributed by atoms with Crippen LogP contribution < -0.4 is 14.8 Å². The lowest BCUT2D eigenvalue weighted by atomic mass is 10.1. The highest BCUT2D eigenvalue weighted by atomic mass is 35.5. The predicted octanol–water partition coefficient (Wildman–Crippen LogP) is 3.37. The van der Waals surface area contributed by atoms with Gasteiger partial charge in [-0.25, -0.2) is 0 Å². The molecule has 24 heavy (non-hydrogen) atoms. The van der Waals surface area contributed by atoms with Gasteiger partial charge in [0.05, 0.1) is 18.2 Å². The van der Waals surface area contributed by atoms with Crippen molar-refractivity contribution < 1.29 is 24.2 Å². The average Bonchev–Trinajstić information content (AvgIpc) is 2.51. The van der Waals surface area contributed by atoms with Crippen LogP contribution in [0.25, 0.3) is 0 Å². The molecule has 1 rings (SSSR count). The summed E-state index contributed by atoms with van der Waals surface area (Å²) in [5.41, 5.74) is 0.342. The normalized spacial score (nSPS) is 11.7. The van der Waals surface area contributed by atoms with Crippen LogP contribution in [-0.2, 0) is 4.79 Å². The maximum absolute atomic E-state index is 12.3. The first-order valence-corrected chi connectivity index (χ1v) is 8.35. The molecule has 1 unspecified atom stereocenters. The summed E-state index contributed by atoms with van der Waals surface area (Å²) < 4.78 is 11.1. The summed E-state index contributed by atoms with van der Waals surface area (Å²) in [6.07, 6.45) is 0.820.